The summed E-state index contributed by atoms with van der Waals surface area (Å²) in [7, 11) is 0. The molecular weight excluding hydrogens is 440 g/mol. The van der Waals surface area contributed by atoms with Gasteiger partial charge in [0.05, 0.1) is 6.10 Å². The molecule has 4 aliphatic carbocycles. The largest absolute Gasteiger partial charge is 0.508 e. The van der Waals surface area contributed by atoms with Gasteiger partial charge in [0.15, 0.2) is 0 Å². The Labute approximate surface area is 221 Å². The second-order valence-corrected chi connectivity index (χ2v) is 14.7. The monoisotopic (exact) mass is 494 g/mol. The van der Waals surface area contributed by atoms with Crippen LogP contribution in [0.2, 0.25) is 0 Å². The van der Waals surface area contributed by atoms with Crippen molar-refractivity contribution in [1.82, 2.24) is 0 Å². The smallest absolute Gasteiger partial charge is 0.115 e. The van der Waals surface area contributed by atoms with E-state index in [0.717, 1.165) is 48.3 Å². The number of hydrogen-bond donors (Lipinski definition) is 2. The van der Waals surface area contributed by atoms with Crippen LogP contribution in [0.3, 0.4) is 0 Å². The van der Waals surface area contributed by atoms with Gasteiger partial charge in [0.1, 0.15) is 5.75 Å². The molecule has 1 unspecified atom stereocenters. The Morgan fingerprint density at radius 1 is 0.806 bits per heavy atom. The fourth-order valence-corrected chi connectivity index (χ4v) is 10.7. The highest BCUT2D eigenvalue weighted by Crippen LogP contribution is 2.69. The first-order valence-electron chi connectivity index (χ1n) is 15.6. The number of phenolic OH excluding ortho intramolecular Hbond substituents is 1. The fraction of sp³-hybridized carbons (Fsp3) is 0.824. The van der Waals surface area contributed by atoms with Crippen molar-refractivity contribution in [3.8, 4) is 5.75 Å². The molecule has 2 nitrogen and oxygen atoms in total. The Kier molecular flexibility index (Phi) is 7.59. The van der Waals surface area contributed by atoms with Crippen LogP contribution in [-0.2, 0) is 6.42 Å². The summed E-state index contributed by atoms with van der Waals surface area (Å²) in [4.78, 5) is 0. The van der Waals surface area contributed by atoms with Crippen molar-refractivity contribution < 1.29 is 10.2 Å². The molecule has 0 saturated heterocycles. The molecule has 0 bridgehead atoms. The van der Waals surface area contributed by atoms with Crippen LogP contribution >= 0.6 is 0 Å². The molecule has 0 aliphatic heterocycles. The number of aliphatic hydroxyl groups excluding tert-OH is 1. The van der Waals surface area contributed by atoms with E-state index in [0.29, 0.717) is 28.4 Å². The first-order chi connectivity index (χ1) is 17.1. The van der Waals surface area contributed by atoms with Crippen LogP contribution in [-0.4, -0.2) is 16.3 Å². The second-order valence-electron chi connectivity index (χ2n) is 14.7. The van der Waals surface area contributed by atoms with Crippen molar-refractivity contribution >= 4 is 0 Å². The molecular formula is C34H54O2. The van der Waals surface area contributed by atoms with E-state index in [1.807, 2.05) is 12.1 Å². The lowest BCUT2D eigenvalue weighted by molar-refractivity contribution is -0.152. The van der Waals surface area contributed by atoms with E-state index in [4.69, 9.17) is 0 Å². The van der Waals surface area contributed by atoms with Gasteiger partial charge in [0, 0.05) is 0 Å². The SMILES string of the molecule is CC(C)CCC[C@@H](C)[C@H]1CC[C@H]2[C@@H]3CCC4[C@H](Cc5ccc(O)cc5)[C@@H](O)CC[C@]4(C)[C@H]3CC[C@]12C. The predicted octanol–water partition coefficient (Wildman–Crippen LogP) is 8.64. The maximum absolute atomic E-state index is 11.2. The summed E-state index contributed by atoms with van der Waals surface area (Å²) in [5.41, 5.74) is 2.21. The Balaban J connectivity index is 1.31. The Bertz CT molecular complexity index is 876. The van der Waals surface area contributed by atoms with Crippen LogP contribution in [0.1, 0.15) is 111 Å². The van der Waals surface area contributed by atoms with Gasteiger partial charge < -0.3 is 10.2 Å². The van der Waals surface area contributed by atoms with Gasteiger partial charge in [-0.25, -0.2) is 0 Å². The minimum Gasteiger partial charge on any atom is -0.508 e. The van der Waals surface area contributed by atoms with E-state index < -0.39 is 0 Å². The summed E-state index contributed by atoms with van der Waals surface area (Å²) in [5.74, 6) is 6.64. The third kappa shape index (κ3) is 4.67. The number of aliphatic hydroxyl groups is 1. The Hall–Kier alpha value is -1.02. The van der Waals surface area contributed by atoms with Crippen molar-refractivity contribution in [2.45, 2.75) is 118 Å². The predicted molar refractivity (Wildman–Crippen MR) is 150 cm³/mol. The van der Waals surface area contributed by atoms with Crippen LogP contribution in [0, 0.1) is 58.2 Å². The zero-order valence-electron chi connectivity index (χ0n) is 23.9. The number of phenols is 1. The lowest BCUT2D eigenvalue weighted by Gasteiger charge is -2.63. The summed E-state index contributed by atoms with van der Waals surface area (Å²) in [6, 6.07) is 7.74. The quantitative estimate of drug-likeness (QED) is 0.398. The van der Waals surface area contributed by atoms with Crippen molar-refractivity contribution in [2.75, 3.05) is 0 Å². The summed E-state index contributed by atoms with van der Waals surface area (Å²) in [6.45, 7) is 12.7. The number of fused-ring (bicyclic) bond motifs is 5. The van der Waals surface area contributed by atoms with Gasteiger partial charge in [0.2, 0.25) is 0 Å². The normalized spacial score (nSPS) is 43.0. The molecule has 5 rings (SSSR count). The number of benzene rings is 1. The van der Waals surface area contributed by atoms with Crippen LogP contribution in [0.15, 0.2) is 24.3 Å². The highest BCUT2D eigenvalue weighted by molar-refractivity contribution is 5.26. The van der Waals surface area contributed by atoms with E-state index in [1.54, 1.807) is 0 Å². The minimum absolute atomic E-state index is 0.176. The fourth-order valence-electron chi connectivity index (χ4n) is 10.7. The highest BCUT2D eigenvalue weighted by atomic mass is 16.3. The molecule has 0 radical (unpaired) electrons. The molecule has 4 saturated carbocycles. The average Bonchev–Trinajstić information content (AvgIpc) is 3.19. The average molecular weight is 495 g/mol. The first kappa shape index (κ1) is 26.6. The minimum atomic E-state index is -0.176. The van der Waals surface area contributed by atoms with Gasteiger partial charge in [-0.05, 0) is 134 Å². The Morgan fingerprint density at radius 3 is 2.19 bits per heavy atom. The van der Waals surface area contributed by atoms with E-state index in [-0.39, 0.29) is 6.10 Å². The van der Waals surface area contributed by atoms with Gasteiger partial charge in [-0.15, -0.1) is 0 Å². The maximum atomic E-state index is 11.2. The van der Waals surface area contributed by atoms with Gasteiger partial charge >= 0.3 is 0 Å². The van der Waals surface area contributed by atoms with Crippen LogP contribution in [0.25, 0.3) is 0 Å². The third-order valence-corrected chi connectivity index (χ3v) is 12.5. The van der Waals surface area contributed by atoms with Crippen LogP contribution < -0.4 is 0 Å². The maximum Gasteiger partial charge on any atom is 0.115 e. The zero-order chi connectivity index (χ0) is 25.7. The van der Waals surface area contributed by atoms with Crippen molar-refractivity contribution in [1.29, 1.82) is 0 Å². The molecule has 36 heavy (non-hydrogen) atoms. The van der Waals surface area contributed by atoms with Crippen molar-refractivity contribution in [2.24, 2.45) is 58.2 Å². The van der Waals surface area contributed by atoms with Crippen LogP contribution in [0.5, 0.6) is 5.75 Å². The number of aromatic hydroxyl groups is 1. The third-order valence-electron chi connectivity index (χ3n) is 12.5. The van der Waals surface area contributed by atoms with E-state index in [9.17, 15) is 10.2 Å². The van der Waals surface area contributed by atoms with Gasteiger partial charge in [-0.3, -0.25) is 0 Å². The molecule has 0 spiro atoms. The lowest BCUT2D eigenvalue weighted by Crippen LogP contribution is -2.57. The number of hydrogen-bond acceptors (Lipinski definition) is 2. The number of rotatable bonds is 7. The highest BCUT2D eigenvalue weighted by Gasteiger charge is 2.61. The first-order valence-corrected chi connectivity index (χ1v) is 15.6. The second kappa shape index (κ2) is 10.3. The molecule has 2 N–H and O–H groups in total. The summed E-state index contributed by atoms with van der Waals surface area (Å²) in [6.07, 6.45) is 15.7. The molecule has 0 amide bonds. The summed E-state index contributed by atoms with van der Waals surface area (Å²) >= 11 is 0. The summed E-state index contributed by atoms with van der Waals surface area (Å²) < 4.78 is 0. The molecule has 2 heteroatoms. The van der Waals surface area contributed by atoms with Gasteiger partial charge in [-0.2, -0.15) is 0 Å². The molecule has 0 aromatic heterocycles. The van der Waals surface area contributed by atoms with E-state index in [1.165, 1.54) is 69.8 Å². The van der Waals surface area contributed by atoms with Crippen molar-refractivity contribution in [3.63, 3.8) is 0 Å². The topological polar surface area (TPSA) is 40.5 Å². The molecule has 0 heterocycles. The van der Waals surface area contributed by atoms with Crippen molar-refractivity contribution in [3.05, 3.63) is 29.8 Å². The molecule has 4 fully saturated rings. The standard InChI is InChI=1S/C34H54O2/c1-22(2)7-6-8-23(3)28-15-16-29-26-13-14-30-27(21-24-9-11-25(35)12-10-24)32(36)18-20-34(30,5)31(26)17-19-33(28,29)4/h9-12,22-23,26-32,35-36H,6-8,13-21H2,1-5H3/t23-,26+,27+,28-,29+,30?,31+,32+,33-,34+/m1/s1. The van der Waals surface area contributed by atoms with E-state index in [2.05, 4.69) is 46.8 Å². The Morgan fingerprint density at radius 2 is 1.47 bits per heavy atom. The summed E-state index contributed by atoms with van der Waals surface area (Å²) in [5, 5.41) is 20.9. The molecule has 1 aromatic carbocycles. The van der Waals surface area contributed by atoms with Gasteiger partial charge in [0.25, 0.3) is 0 Å². The molecule has 10 atom stereocenters. The van der Waals surface area contributed by atoms with E-state index >= 15 is 0 Å². The molecule has 4 aliphatic rings. The molecule has 1 aromatic rings. The molecule has 202 valence electrons. The lowest BCUT2D eigenvalue weighted by atomic mass is 9.42. The zero-order valence-corrected chi connectivity index (χ0v) is 23.9. The van der Waals surface area contributed by atoms with Crippen LogP contribution in [0.4, 0.5) is 0 Å². The van der Waals surface area contributed by atoms with Gasteiger partial charge in [-0.1, -0.05) is 66.0 Å².